The summed E-state index contributed by atoms with van der Waals surface area (Å²) in [5.41, 5.74) is 4.27. The molecule has 1 aromatic carbocycles. The first-order valence-electron chi connectivity index (χ1n) is 10.6. The Balaban J connectivity index is 1.60. The van der Waals surface area contributed by atoms with Crippen molar-refractivity contribution in [2.75, 3.05) is 31.1 Å². The summed E-state index contributed by atoms with van der Waals surface area (Å²) in [6.45, 7) is 8.36. The molecule has 8 nitrogen and oxygen atoms in total. The number of rotatable bonds is 3. The maximum Gasteiger partial charge on any atom is 0.252 e. The van der Waals surface area contributed by atoms with Crippen molar-refractivity contribution < 1.29 is 4.79 Å². The average Bonchev–Trinajstić information content (AvgIpc) is 3.41. The molecule has 0 atom stereocenters. The number of carbonyl (C=O) groups is 1. The number of benzene rings is 1. The van der Waals surface area contributed by atoms with Crippen LogP contribution in [-0.2, 0) is 11.8 Å². The molecule has 0 radical (unpaired) electrons. The van der Waals surface area contributed by atoms with E-state index in [9.17, 15) is 14.9 Å². The minimum Gasteiger partial charge on any atom is -0.370 e. The van der Waals surface area contributed by atoms with Crippen molar-refractivity contribution in [3.05, 3.63) is 58.5 Å². The highest BCUT2D eigenvalue weighted by Crippen LogP contribution is 2.43. The number of aromatic nitrogens is 3. The molecular weight excluding hydrogens is 404 g/mol. The summed E-state index contributed by atoms with van der Waals surface area (Å²) >= 11 is 0. The fraction of sp³-hybridized carbons (Fsp3) is 0.333. The molecule has 5 rings (SSSR count). The quantitative estimate of drug-likeness (QED) is 0.646. The molecule has 2 aliphatic heterocycles. The summed E-state index contributed by atoms with van der Waals surface area (Å²) in [6, 6.07) is 7.87. The van der Waals surface area contributed by atoms with E-state index in [0.29, 0.717) is 36.6 Å². The average molecular weight is 428 g/mol. The summed E-state index contributed by atoms with van der Waals surface area (Å²) in [6.07, 6.45) is 4.00. The molecule has 1 N–H and O–H groups in total. The number of pyridine rings is 1. The van der Waals surface area contributed by atoms with E-state index < -0.39 is 0 Å². The second-order valence-corrected chi connectivity index (χ2v) is 8.92. The largest absolute Gasteiger partial charge is 0.370 e. The highest BCUT2D eigenvalue weighted by Gasteiger charge is 2.49. The van der Waals surface area contributed by atoms with Crippen LogP contribution in [0.4, 0.5) is 5.69 Å². The molecule has 32 heavy (non-hydrogen) atoms. The molecule has 8 heteroatoms. The zero-order valence-corrected chi connectivity index (χ0v) is 18.2. The lowest BCUT2D eigenvalue weighted by atomic mass is 9.79. The first kappa shape index (κ1) is 20.1. The van der Waals surface area contributed by atoms with Gasteiger partial charge >= 0.3 is 0 Å². The fourth-order valence-electron chi connectivity index (χ4n) is 5.23. The maximum atomic E-state index is 13.0. The molecular formula is C24H24N6O2. The number of nitrogens with zero attached hydrogens (tertiary/aromatic N) is 5. The number of aryl methyl sites for hydroxylation is 1. The van der Waals surface area contributed by atoms with Gasteiger partial charge in [-0.3, -0.25) is 14.7 Å². The Kier molecular flexibility index (Phi) is 4.45. The third kappa shape index (κ3) is 2.85. The van der Waals surface area contributed by atoms with E-state index in [1.165, 1.54) is 6.08 Å². The summed E-state index contributed by atoms with van der Waals surface area (Å²) in [5.74, 6) is -0.0497. The van der Waals surface area contributed by atoms with Gasteiger partial charge < -0.3 is 14.4 Å². The van der Waals surface area contributed by atoms with Gasteiger partial charge in [-0.2, -0.15) is 10.4 Å². The van der Waals surface area contributed by atoms with Crippen molar-refractivity contribution in [2.45, 2.75) is 13.3 Å². The van der Waals surface area contributed by atoms with Crippen molar-refractivity contribution in [2.24, 2.45) is 12.5 Å². The summed E-state index contributed by atoms with van der Waals surface area (Å²) < 4.78 is 1.55. The standard InChI is InChI=1S/C24H24N6O2/c1-4-20(31)30-13-24(14-30)7-8-29(12-24)19-9-21(32)28(3)23(16(19)10-25)22-15(2)5-6-18-17(22)11-26-27-18/h4-6,9,11H,1,7-8,12-14H2,2-3H3,(H,26,27). The number of nitrogens with one attached hydrogen (secondary N) is 1. The zero-order valence-electron chi connectivity index (χ0n) is 18.2. The van der Waals surface area contributed by atoms with Gasteiger partial charge in [-0.1, -0.05) is 12.6 Å². The van der Waals surface area contributed by atoms with Crippen LogP contribution >= 0.6 is 0 Å². The molecule has 2 aliphatic rings. The molecule has 2 saturated heterocycles. The van der Waals surface area contributed by atoms with Gasteiger partial charge in [0, 0.05) is 55.7 Å². The molecule has 1 spiro atoms. The van der Waals surface area contributed by atoms with Crippen LogP contribution in [0.25, 0.3) is 22.2 Å². The molecule has 0 bridgehead atoms. The van der Waals surface area contributed by atoms with E-state index in [1.807, 2.05) is 19.1 Å². The van der Waals surface area contributed by atoms with E-state index >= 15 is 0 Å². The van der Waals surface area contributed by atoms with E-state index in [1.54, 1.807) is 28.8 Å². The SMILES string of the molecule is C=CC(=O)N1CC2(CCN(c3cc(=O)n(C)c(-c4c(C)ccc5[nH]ncc45)c3C#N)C2)C1. The van der Waals surface area contributed by atoms with Gasteiger partial charge in [0.2, 0.25) is 5.91 Å². The van der Waals surface area contributed by atoms with Crippen LogP contribution in [0.5, 0.6) is 0 Å². The number of hydrogen-bond acceptors (Lipinski definition) is 5. The Bertz CT molecular complexity index is 1370. The van der Waals surface area contributed by atoms with Gasteiger partial charge in [0.1, 0.15) is 6.07 Å². The van der Waals surface area contributed by atoms with Crippen LogP contribution in [0.15, 0.2) is 41.8 Å². The third-order valence-corrected chi connectivity index (χ3v) is 6.92. The van der Waals surface area contributed by atoms with Gasteiger partial charge in [0.05, 0.1) is 28.7 Å². The van der Waals surface area contributed by atoms with Crippen LogP contribution in [0.3, 0.4) is 0 Å². The number of anilines is 1. The number of amides is 1. The van der Waals surface area contributed by atoms with E-state index in [-0.39, 0.29) is 16.9 Å². The molecule has 2 fully saturated rings. The smallest absolute Gasteiger partial charge is 0.252 e. The normalized spacial score (nSPS) is 16.9. The van der Waals surface area contributed by atoms with Crippen molar-refractivity contribution in [1.29, 1.82) is 5.26 Å². The lowest BCUT2D eigenvalue weighted by Gasteiger charge is -2.47. The number of aromatic amines is 1. The highest BCUT2D eigenvalue weighted by molar-refractivity contribution is 5.97. The Labute approximate surface area is 185 Å². The lowest BCUT2D eigenvalue weighted by molar-refractivity contribution is -0.136. The number of fused-ring (bicyclic) bond motifs is 1. The minimum absolute atomic E-state index is 0.00707. The summed E-state index contributed by atoms with van der Waals surface area (Å²) in [5, 5.41) is 18.2. The Hall–Kier alpha value is -3.86. The van der Waals surface area contributed by atoms with Crippen molar-refractivity contribution in [3.63, 3.8) is 0 Å². The predicted molar refractivity (Wildman–Crippen MR) is 122 cm³/mol. The number of carbonyl (C=O) groups excluding carboxylic acids is 1. The molecule has 162 valence electrons. The maximum absolute atomic E-state index is 13.0. The molecule has 3 aromatic rings. The van der Waals surface area contributed by atoms with Gasteiger partial charge in [0.15, 0.2) is 0 Å². The number of likely N-dealkylation sites (tertiary alicyclic amines) is 1. The van der Waals surface area contributed by atoms with Crippen LogP contribution in [0, 0.1) is 23.7 Å². The first-order valence-corrected chi connectivity index (χ1v) is 10.6. The Morgan fingerprint density at radius 3 is 2.84 bits per heavy atom. The van der Waals surface area contributed by atoms with Crippen LogP contribution in [0.2, 0.25) is 0 Å². The third-order valence-electron chi connectivity index (χ3n) is 6.92. The first-order chi connectivity index (χ1) is 15.4. The molecule has 2 aromatic heterocycles. The molecule has 0 unspecified atom stereocenters. The van der Waals surface area contributed by atoms with E-state index in [0.717, 1.165) is 35.0 Å². The monoisotopic (exact) mass is 428 g/mol. The second-order valence-electron chi connectivity index (χ2n) is 8.92. The number of H-pyrrole nitrogens is 1. The molecule has 4 heterocycles. The fourth-order valence-corrected chi connectivity index (χ4v) is 5.23. The van der Waals surface area contributed by atoms with Gasteiger partial charge in [-0.05, 0) is 31.1 Å². The summed E-state index contributed by atoms with van der Waals surface area (Å²) in [7, 11) is 1.71. The Morgan fingerprint density at radius 1 is 1.34 bits per heavy atom. The zero-order chi connectivity index (χ0) is 22.6. The van der Waals surface area contributed by atoms with Crippen molar-refractivity contribution >= 4 is 22.5 Å². The topological polar surface area (TPSA) is 98.0 Å². The van der Waals surface area contributed by atoms with Crippen LogP contribution in [0.1, 0.15) is 17.5 Å². The van der Waals surface area contributed by atoms with E-state index in [2.05, 4.69) is 27.7 Å². The number of nitriles is 1. The molecule has 0 aliphatic carbocycles. The van der Waals surface area contributed by atoms with Crippen LogP contribution < -0.4 is 10.5 Å². The van der Waals surface area contributed by atoms with Crippen LogP contribution in [-0.4, -0.2) is 51.8 Å². The second kappa shape index (κ2) is 7.09. The van der Waals surface area contributed by atoms with Crippen molar-refractivity contribution in [3.8, 4) is 17.3 Å². The molecule has 0 saturated carbocycles. The Morgan fingerprint density at radius 2 is 2.12 bits per heavy atom. The van der Waals surface area contributed by atoms with Gasteiger partial charge in [0.25, 0.3) is 5.56 Å². The van der Waals surface area contributed by atoms with Gasteiger partial charge in [-0.15, -0.1) is 0 Å². The highest BCUT2D eigenvalue weighted by atomic mass is 16.2. The lowest BCUT2D eigenvalue weighted by Crippen LogP contribution is -2.59. The van der Waals surface area contributed by atoms with Crippen molar-refractivity contribution in [1.82, 2.24) is 19.7 Å². The predicted octanol–water partition coefficient (Wildman–Crippen LogP) is 2.33. The number of hydrogen-bond donors (Lipinski definition) is 1. The summed E-state index contributed by atoms with van der Waals surface area (Å²) in [4.78, 5) is 28.8. The minimum atomic E-state index is -0.160. The molecule has 1 amide bonds. The van der Waals surface area contributed by atoms with Gasteiger partial charge in [-0.25, -0.2) is 0 Å². The van der Waals surface area contributed by atoms with E-state index in [4.69, 9.17) is 0 Å².